The summed E-state index contributed by atoms with van der Waals surface area (Å²) in [6.07, 6.45) is 1.33. The fraction of sp³-hybridized carbons (Fsp3) is 0.190. The van der Waals surface area contributed by atoms with Crippen LogP contribution in [0.1, 0.15) is 18.1 Å². The van der Waals surface area contributed by atoms with E-state index in [4.69, 9.17) is 37.8 Å². The summed E-state index contributed by atoms with van der Waals surface area (Å²) in [6.45, 7) is 3.24. The number of carbonyl (C=O) groups excluding carboxylic acids is 1. The molecule has 0 aliphatic heterocycles. The van der Waals surface area contributed by atoms with Gasteiger partial charge in [-0.25, -0.2) is 4.79 Å². The first-order valence-corrected chi connectivity index (χ1v) is 9.51. The van der Waals surface area contributed by atoms with Gasteiger partial charge in [-0.05, 0) is 55.3 Å². The molecule has 0 radical (unpaired) electrons. The standard InChI is InChI=1S/C21H18Cl2N2O5/c1-3-29-18-8-13(7-17(23)20(18)30-11-19(26)27)6-14(10-24)21(28)25-15-5-4-12(2)16(22)9-15/h4-9H,3,11H2,1-2H3,(H,25,28)(H,26,27)/b14-6-. The number of carbonyl (C=O) groups is 2. The predicted molar refractivity (Wildman–Crippen MR) is 114 cm³/mol. The molecule has 0 spiro atoms. The summed E-state index contributed by atoms with van der Waals surface area (Å²) in [5.41, 5.74) is 1.53. The number of rotatable bonds is 8. The lowest BCUT2D eigenvalue weighted by Gasteiger charge is -2.13. The monoisotopic (exact) mass is 448 g/mol. The molecule has 9 heteroatoms. The zero-order valence-electron chi connectivity index (χ0n) is 16.2. The van der Waals surface area contributed by atoms with Gasteiger partial charge in [-0.2, -0.15) is 5.26 Å². The number of nitrogens with zero attached hydrogens (tertiary/aromatic N) is 1. The molecule has 0 aliphatic carbocycles. The summed E-state index contributed by atoms with van der Waals surface area (Å²) >= 11 is 12.3. The highest BCUT2D eigenvalue weighted by Gasteiger charge is 2.16. The molecular weight excluding hydrogens is 431 g/mol. The average molecular weight is 449 g/mol. The van der Waals surface area contributed by atoms with Crippen LogP contribution in [0.25, 0.3) is 6.08 Å². The van der Waals surface area contributed by atoms with Gasteiger partial charge < -0.3 is 19.9 Å². The molecule has 7 nitrogen and oxygen atoms in total. The van der Waals surface area contributed by atoms with Gasteiger partial charge in [0.05, 0.1) is 11.6 Å². The Kier molecular flexibility index (Phi) is 8.10. The fourth-order valence-electron chi connectivity index (χ4n) is 2.39. The molecular formula is C21H18Cl2N2O5. The second-order valence-corrected chi connectivity index (χ2v) is 6.85. The summed E-state index contributed by atoms with van der Waals surface area (Å²) in [6, 6.07) is 9.79. The molecule has 1 amide bonds. The number of anilines is 1. The third-order valence-electron chi connectivity index (χ3n) is 3.78. The SMILES string of the molecule is CCOc1cc(/C=C(/C#N)C(=O)Nc2ccc(C)c(Cl)c2)cc(Cl)c1OCC(=O)O. The predicted octanol–water partition coefficient (Wildman–Crippen LogP) is 4.71. The van der Waals surface area contributed by atoms with E-state index in [1.54, 1.807) is 25.1 Å². The Hall–Kier alpha value is -3.21. The quantitative estimate of drug-likeness (QED) is 0.446. The number of nitrogens with one attached hydrogen (secondary N) is 1. The Labute approximate surface area is 183 Å². The number of carboxylic acid groups (broad SMARTS) is 1. The second-order valence-electron chi connectivity index (χ2n) is 6.03. The molecule has 0 saturated heterocycles. The highest BCUT2D eigenvalue weighted by Crippen LogP contribution is 2.37. The Morgan fingerprint density at radius 3 is 2.53 bits per heavy atom. The van der Waals surface area contributed by atoms with Crippen LogP contribution in [0, 0.1) is 18.3 Å². The van der Waals surface area contributed by atoms with Gasteiger partial charge in [0.2, 0.25) is 0 Å². The van der Waals surface area contributed by atoms with Gasteiger partial charge in [0.1, 0.15) is 11.6 Å². The van der Waals surface area contributed by atoms with E-state index in [0.717, 1.165) is 5.56 Å². The van der Waals surface area contributed by atoms with E-state index in [-0.39, 0.29) is 28.7 Å². The van der Waals surface area contributed by atoms with Crippen LogP contribution in [0.15, 0.2) is 35.9 Å². The molecule has 0 saturated carbocycles. The Morgan fingerprint density at radius 1 is 1.20 bits per heavy atom. The number of ether oxygens (including phenoxy) is 2. The maximum Gasteiger partial charge on any atom is 0.341 e. The minimum Gasteiger partial charge on any atom is -0.490 e. The van der Waals surface area contributed by atoms with Crippen molar-refractivity contribution in [3.8, 4) is 17.6 Å². The molecule has 0 heterocycles. The van der Waals surface area contributed by atoms with E-state index >= 15 is 0 Å². The summed E-state index contributed by atoms with van der Waals surface area (Å²) in [4.78, 5) is 23.2. The zero-order valence-corrected chi connectivity index (χ0v) is 17.7. The van der Waals surface area contributed by atoms with Crippen LogP contribution in [-0.2, 0) is 9.59 Å². The first-order chi connectivity index (χ1) is 14.2. The van der Waals surface area contributed by atoms with E-state index in [9.17, 15) is 14.9 Å². The number of benzene rings is 2. The number of amides is 1. The van der Waals surface area contributed by atoms with Crippen molar-refractivity contribution in [1.82, 2.24) is 0 Å². The maximum absolute atomic E-state index is 12.5. The van der Waals surface area contributed by atoms with Gasteiger partial charge in [-0.1, -0.05) is 29.3 Å². The minimum absolute atomic E-state index is 0.0651. The van der Waals surface area contributed by atoms with Crippen LogP contribution in [0.4, 0.5) is 5.69 Å². The van der Waals surface area contributed by atoms with Gasteiger partial charge in [0, 0.05) is 10.7 Å². The van der Waals surface area contributed by atoms with Crippen LogP contribution in [-0.4, -0.2) is 30.2 Å². The van der Waals surface area contributed by atoms with Crippen molar-refractivity contribution in [2.75, 3.05) is 18.5 Å². The number of carboxylic acids is 1. The van der Waals surface area contributed by atoms with Crippen molar-refractivity contribution in [3.63, 3.8) is 0 Å². The van der Waals surface area contributed by atoms with Gasteiger partial charge in [0.15, 0.2) is 18.1 Å². The Morgan fingerprint density at radius 2 is 1.93 bits per heavy atom. The van der Waals surface area contributed by atoms with Crippen LogP contribution in [0.3, 0.4) is 0 Å². The molecule has 2 aromatic carbocycles. The summed E-state index contributed by atoms with van der Waals surface area (Å²) in [5, 5.41) is 21.4. The molecule has 30 heavy (non-hydrogen) atoms. The molecule has 0 atom stereocenters. The summed E-state index contributed by atoms with van der Waals surface area (Å²) in [5.74, 6) is -1.54. The molecule has 0 aliphatic rings. The summed E-state index contributed by atoms with van der Waals surface area (Å²) in [7, 11) is 0. The number of hydrogen-bond acceptors (Lipinski definition) is 5. The zero-order chi connectivity index (χ0) is 22.3. The topological polar surface area (TPSA) is 109 Å². The van der Waals surface area contributed by atoms with Crippen LogP contribution in [0.2, 0.25) is 10.0 Å². The number of hydrogen-bond donors (Lipinski definition) is 2. The van der Waals surface area contributed by atoms with Crippen molar-refractivity contribution in [2.45, 2.75) is 13.8 Å². The lowest BCUT2D eigenvalue weighted by atomic mass is 10.1. The molecule has 0 unspecified atom stereocenters. The average Bonchev–Trinajstić information content (AvgIpc) is 2.68. The van der Waals surface area contributed by atoms with Gasteiger partial charge in [-0.3, -0.25) is 4.79 Å². The van der Waals surface area contributed by atoms with Crippen LogP contribution >= 0.6 is 23.2 Å². The molecule has 2 rings (SSSR count). The molecule has 2 aromatic rings. The molecule has 0 aromatic heterocycles. The van der Waals surface area contributed by atoms with Crippen molar-refractivity contribution in [3.05, 3.63) is 57.1 Å². The smallest absolute Gasteiger partial charge is 0.341 e. The lowest BCUT2D eigenvalue weighted by molar-refractivity contribution is -0.139. The Balaban J connectivity index is 2.33. The summed E-state index contributed by atoms with van der Waals surface area (Å²) < 4.78 is 10.6. The van der Waals surface area contributed by atoms with E-state index in [2.05, 4.69) is 5.32 Å². The van der Waals surface area contributed by atoms with E-state index < -0.39 is 18.5 Å². The number of halogens is 2. The number of aryl methyl sites for hydroxylation is 1. The fourth-order valence-corrected chi connectivity index (χ4v) is 2.85. The van der Waals surface area contributed by atoms with Crippen molar-refractivity contribution in [2.24, 2.45) is 0 Å². The molecule has 156 valence electrons. The largest absolute Gasteiger partial charge is 0.490 e. The van der Waals surface area contributed by atoms with Crippen molar-refractivity contribution in [1.29, 1.82) is 5.26 Å². The Bertz CT molecular complexity index is 1040. The van der Waals surface area contributed by atoms with Gasteiger partial charge in [-0.15, -0.1) is 0 Å². The van der Waals surface area contributed by atoms with Gasteiger partial charge >= 0.3 is 5.97 Å². The number of aliphatic carboxylic acids is 1. The second kappa shape index (κ2) is 10.5. The maximum atomic E-state index is 12.5. The van der Waals surface area contributed by atoms with Crippen LogP contribution in [0.5, 0.6) is 11.5 Å². The normalized spacial score (nSPS) is 10.8. The molecule has 0 fully saturated rings. The van der Waals surface area contributed by atoms with E-state index in [0.29, 0.717) is 16.3 Å². The highest BCUT2D eigenvalue weighted by atomic mass is 35.5. The van der Waals surface area contributed by atoms with E-state index in [1.807, 2.05) is 13.0 Å². The van der Waals surface area contributed by atoms with Crippen LogP contribution < -0.4 is 14.8 Å². The highest BCUT2D eigenvalue weighted by molar-refractivity contribution is 6.32. The third kappa shape index (κ3) is 6.14. The first-order valence-electron chi connectivity index (χ1n) is 8.75. The number of nitriles is 1. The molecule has 2 N–H and O–H groups in total. The van der Waals surface area contributed by atoms with Gasteiger partial charge in [0.25, 0.3) is 5.91 Å². The van der Waals surface area contributed by atoms with E-state index in [1.165, 1.54) is 18.2 Å². The van der Waals surface area contributed by atoms with Crippen molar-refractivity contribution >= 4 is 46.8 Å². The lowest BCUT2D eigenvalue weighted by Crippen LogP contribution is -2.13. The first kappa shape index (κ1) is 23.1. The molecule has 0 bridgehead atoms. The minimum atomic E-state index is -1.17. The third-order valence-corrected chi connectivity index (χ3v) is 4.47. The van der Waals surface area contributed by atoms with Crippen molar-refractivity contribution < 1.29 is 24.2 Å².